The van der Waals surface area contributed by atoms with Crippen molar-refractivity contribution in [2.75, 3.05) is 0 Å². The monoisotopic (exact) mass is 280 g/mol. The molecule has 2 heterocycles. The van der Waals surface area contributed by atoms with E-state index >= 15 is 0 Å². The molecule has 2 atom stereocenters. The van der Waals surface area contributed by atoms with Gasteiger partial charge in [-0.25, -0.2) is 4.98 Å². The standard InChI is InChI=1S/C14H20N2S2/c1-5-12(13-7-6-8-17-13)16-10(3)14-9(2)15-11(4)18-14/h6-8,10,12,16H,5H2,1-4H3. The van der Waals surface area contributed by atoms with Crippen LogP contribution in [0.15, 0.2) is 17.5 Å². The Labute approximate surface area is 117 Å². The lowest BCUT2D eigenvalue weighted by molar-refractivity contribution is 0.465. The van der Waals surface area contributed by atoms with Crippen LogP contribution in [0.5, 0.6) is 0 Å². The quantitative estimate of drug-likeness (QED) is 0.864. The van der Waals surface area contributed by atoms with E-state index in [1.165, 1.54) is 15.4 Å². The van der Waals surface area contributed by atoms with Crippen molar-refractivity contribution in [3.63, 3.8) is 0 Å². The van der Waals surface area contributed by atoms with Gasteiger partial charge in [-0.2, -0.15) is 0 Å². The second kappa shape index (κ2) is 5.95. The zero-order chi connectivity index (χ0) is 13.1. The minimum atomic E-state index is 0.364. The van der Waals surface area contributed by atoms with Crippen LogP contribution >= 0.6 is 22.7 Å². The maximum atomic E-state index is 4.51. The highest BCUT2D eigenvalue weighted by atomic mass is 32.1. The van der Waals surface area contributed by atoms with Gasteiger partial charge in [0.1, 0.15) is 0 Å². The van der Waals surface area contributed by atoms with Crippen LogP contribution < -0.4 is 5.32 Å². The average molecular weight is 280 g/mol. The molecule has 0 aliphatic rings. The molecule has 2 aromatic rings. The number of rotatable bonds is 5. The number of aromatic nitrogens is 1. The Morgan fingerprint density at radius 1 is 1.39 bits per heavy atom. The third-order valence-electron chi connectivity index (χ3n) is 3.08. The van der Waals surface area contributed by atoms with Crippen molar-refractivity contribution in [3.8, 4) is 0 Å². The molecule has 4 heteroatoms. The molecular formula is C14H20N2S2. The van der Waals surface area contributed by atoms with Gasteiger partial charge in [-0.1, -0.05) is 13.0 Å². The summed E-state index contributed by atoms with van der Waals surface area (Å²) in [6.07, 6.45) is 1.11. The Morgan fingerprint density at radius 3 is 2.67 bits per heavy atom. The third kappa shape index (κ3) is 2.99. The number of thiophene rings is 1. The van der Waals surface area contributed by atoms with Gasteiger partial charge in [0.25, 0.3) is 0 Å². The molecule has 0 radical (unpaired) electrons. The highest BCUT2D eigenvalue weighted by molar-refractivity contribution is 7.11. The highest BCUT2D eigenvalue weighted by Gasteiger charge is 2.18. The molecule has 2 unspecified atom stereocenters. The van der Waals surface area contributed by atoms with Gasteiger partial charge in [0.05, 0.1) is 10.7 Å². The minimum absolute atomic E-state index is 0.364. The summed E-state index contributed by atoms with van der Waals surface area (Å²) >= 11 is 3.63. The number of hydrogen-bond acceptors (Lipinski definition) is 4. The Balaban J connectivity index is 2.10. The van der Waals surface area contributed by atoms with Crippen molar-refractivity contribution in [3.05, 3.63) is 38.0 Å². The fraction of sp³-hybridized carbons (Fsp3) is 0.500. The van der Waals surface area contributed by atoms with Crippen LogP contribution in [-0.4, -0.2) is 4.98 Å². The van der Waals surface area contributed by atoms with E-state index in [1.54, 1.807) is 11.3 Å². The molecule has 0 fully saturated rings. The van der Waals surface area contributed by atoms with Gasteiger partial charge in [-0.05, 0) is 38.6 Å². The van der Waals surface area contributed by atoms with Crippen molar-refractivity contribution in [1.29, 1.82) is 0 Å². The lowest BCUT2D eigenvalue weighted by atomic mass is 10.1. The lowest BCUT2D eigenvalue weighted by Crippen LogP contribution is -2.23. The number of nitrogens with zero attached hydrogens (tertiary/aromatic N) is 1. The molecule has 0 aliphatic carbocycles. The Morgan fingerprint density at radius 2 is 2.17 bits per heavy atom. The summed E-state index contributed by atoms with van der Waals surface area (Å²) in [6, 6.07) is 5.14. The zero-order valence-corrected chi connectivity index (χ0v) is 13.0. The maximum absolute atomic E-state index is 4.51. The first-order chi connectivity index (χ1) is 8.61. The largest absolute Gasteiger partial charge is 0.302 e. The summed E-state index contributed by atoms with van der Waals surface area (Å²) in [6.45, 7) is 8.64. The van der Waals surface area contributed by atoms with Crippen molar-refractivity contribution in [2.45, 2.75) is 46.2 Å². The van der Waals surface area contributed by atoms with E-state index in [9.17, 15) is 0 Å². The molecule has 0 aliphatic heterocycles. The van der Waals surface area contributed by atoms with Gasteiger partial charge >= 0.3 is 0 Å². The molecule has 0 spiro atoms. The predicted octanol–water partition coefficient (Wildman–Crippen LogP) is 4.62. The first-order valence-electron chi connectivity index (χ1n) is 6.35. The predicted molar refractivity (Wildman–Crippen MR) is 80.5 cm³/mol. The fourth-order valence-electron chi connectivity index (χ4n) is 2.22. The molecule has 0 bridgehead atoms. The molecule has 0 amide bonds. The summed E-state index contributed by atoms with van der Waals surface area (Å²) in [5, 5.41) is 7.02. The second-order valence-electron chi connectivity index (χ2n) is 4.55. The van der Waals surface area contributed by atoms with Gasteiger partial charge in [0.2, 0.25) is 0 Å². The summed E-state index contributed by atoms with van der Waals surface area (Å²) in [5.74, 6) is 0. The molecule has 98 valence electrons. The van der Waals surface area contributed by atoms with Crippen molar-refractivity contribution >= 4 is 22.7 Å². The van der Waals surface area contributed by atoms with Gasteiger partial charge in [0, 0.05) is 21.8 Å². The molecule has 2 rings (SSSR count). The Kier molecular flexibility index (Phi) is 4.54. The van der Waals surface area contributed by atoms with Crippen LogP contribution in [-0.2, 0) is 0 Å². The van der Waals surface area contributed by atoms with E-state index in [4.69, 9.17) is 0 Å². The first-order valence-corrected chi connectivity index (χ1v) is 8.04. The smallest absolute Gasteiger partial charge is 0.0900 e. The highest BCUT2D eigenvalue weighted by Crippen LogP contribution is 2.29. The van der Waals surface area contributed by atoms with E-state index in [2.05, 4.69) is 55.5 Å². The van der Waals surface area contributed by atoms with Crippen LogP contribution in [0.25, 0.3) is 0 Å². The van der Waals surface area contributed by atoms with Crippen LogP contribution in [0.1, 0.15) is 52.8 Å². The molecule has 0 saturated carbocycles. The van der Waals surface area contributed by atoms with Gasteiger partial charge in [-0.15, -0.1) is 22.7 Å². The van der Waals surface area contributed by atoms with Crippen LogP contribution in [0.4, 0.5) is 0 Å². The van der Waals surface area contributed by atoms with E-state index in [1.807, 2.05) is 11.3 Å². The van der Waals surface area contributed by atoms with Crippen LogP contribution in [0.2, 0.25) is 0 Å². The van der Waals surface area contributed by atoms with E-state index in [0.717, 1.165) is 11.4 Å². The maximum Gasteiger partial charge on any atom is 0.0900 e. The van der Waals surface area contributed by atoms with Crippen LogP contribution in [0, 0.1) is 13.8 Å². The molecule has 0 saturated heterocycles. The van der Waals surface area contributed by atoms with E-state index < -0.39 is 0 Å². The molecule has 2 aromatic heterocycles. The average Bonchev–Trinajstić information content (AvgIpc) is 2.95. The first kappa shape index (κ1) is 13.7. The lowest BCUT2D eigenvalue weighted by Gasteiger charge is -2.21. The second-order valence-corrected chi connectivity index (χ2v) is 6.76. The molecule has 2 nitrogen and oxygen atoms in total. The molecule has 18 heavy (non-hydrogen) atoms. The van der Waals surface area contributed by atoms with Crippen LogP contribution in [0.3, 0.4) is 0 Å². The summed E-state index contributed by atoms with van der Waals surface area (Å²) in [7, 11) is 0. The summed E-state index contributed by atoms with van der Waals surface area (Å²) < 4.78 is 0. The number of thiazole rings is 1. The molecule has 0 aromatic carbocycles. The molecular weight excluding hydrogens is 260 g/mol. The molecule has 1 N–H and O–H groups in total. The zero-order valence-electron chi connectivity index (χ0n) is 11.4. The Bertz CT molecular complexity index is 488. The van der Waals surface area contributed by atoms with E-state index in [0.29, 0.717) is 12.1 Å². The van der Waals surface area contributed by atoms with Gasteiger partial charge in [-0.3, -0.25) is 0 Å². The number of aryl methyl sites for hydroxylation is 2. The number of hydrogen-bond donors (Lipinski definition) is 1. The number of nitrogens with one attached hydrogen (secondary N) is 1. The van der Waals surface area contributed by atoms with Gasteiger partial charge < -0.3 is 5.32 Å². The topological polar surface area (TPSA) is 24.9 Å². The van der Waals surface area contributed by atoms with Crippen molar-refractivity contribution in [1.82, 2.24) is 10.3 Å². The van der Waals surface area contributed by atoms with E-state index in [-0.39, 0.29) is 0 Å². The van der Waals surface area contributed by atoms with Gasteiger partial charge in [0.15, 0.2) is 0 Å². The Hall–Kier alpha value is -0.710. The van der Waals surface area contributed by atoms with Crippen molar-refractivity contribution in [2.24, 2.45) is 0 Å². The normalized spacial score (nSPS) is 14.7. The fourth-order valence-corrected chi connectivity index (χ4v) is 4.03. The third-order valence-corrected chi connectivity index (χ3v) is 5.32. The SMILES string of the molecule is CCC(NC(C)c1sc(C)nc1C)c1cccs1. The van der Waals surface area contributed by atoms with Crippen molar-refractivity contribution < 1.29 is 0 Å². The summed E-state index contributed by atoms with van der Waals surface area (Å²) in [5.41, 5.74) is 1.17. The minimum Gasteiger partial charge on any atom is -0.302 e. The summed E-state index contributed by atoms with van der Waals surface area (Å²) in [4.78, 5) is 7.29.